The second-order valence-electron chi connectivity index (χ2n) is 8.10. The van der Waals surface area contributed by atoms with E-state index in [2.05, 4.69) is 20.2 Å². The molecule has 0 radical (unpaired) electrons. The molecule has 2 aromatic rings. The number of ether oxygens (including phenoxy) is 1. The van der Waals surface area contributed by atoms with Crippen LogP contribution in [0.15, 0.2) is 24.4 Å². The number of amides is 1. The number of halogens is 4. The smallest absolute Gasteiger partial charge is 0.420 e. The average molecular weight is 486 g/mol. The zero-order valence-corrected chi connectivity index (χ0v) is 18.5. The number of alkyl halides is 3. The lowest BCUT2D eigenvalue weighted by Crippen LogP contribution is -2.56. The molecule has 0 unspecified atom stereocenters. The summed E-state index contributed by atoms with van der Waals surface area (Å²) in [5.41, 5.74) is 1.57. The highest BCUT2D eigenvalue weighted by Gasteiger charge is 2.35. The number of carbonyl (C=O) groups is 1. The number of piperazine rings is 1. The number of methoxy groups -OCH3 is 1. The van der Waals surface area contributed by atoms with E-state index in [9.17, 15) is 23.1 Å². The predicted octanol–water partition coefficient (Wildman–Crippen LogP) is 4.58. The number of hydrogen-bond donors (Lipinski definition) is 2. The molecule has 2 heterocycles. The van der Waals surface area contributed by atoms with E-state index in [0.29, 0.717) is 44.0 Å². The molecule has 1 amide bonds. The first-order valence-corrected chi connectivity index (χ1v) is 10.8. The van der Waals surface area contributed by atoms with Gasteiger partial charge in [0.15, 0.2) is 0 Å². The van der Waals surface area contributed by atoms with Crippen LogP contribution in [-0.4, -0.2) is 65.5 Å². The lowest BCUT2D eigenvalue weighted by molar-refractivity contribution is -0.137. The number of hydrogen-bond acceptors (Lipinski definition) is 6. The average Bonchev–Trinajstić information content (AvgIpc) is 3.58. The van der Waals surface area contributed by atoms with Crippen molar-refractivity contribution in [2.45, 2.75) is 31.0 Å². The van der Waals surface area contributed by atoms with Crippen LogP contribution in [0.4, 0.5) is 35.3 Å². The molecular weight excluding hydrogens is 463 g/mol. The van der Waals surface area contributed by atoms with Crippen molar-refractivity contribution in [2.24, 2.45) is 0 Å². The zero-order valence-electron chi connectivity index (χ0n) is 17.8. The number of anilines is 3. The molecule has 4 rings (SSSR count). The largest absolute Gasteiger partial charge is 0.465 e. The maximum Gasteiger partial charge on any atom is 0.420 e. The van der Waals surface area contributed by atoms with Gasteiger partial charge in [-0.15, -0.1) is 0 Å². The Hall–Kier alpha value is -2.79. The molecule has 1 saturated heterocycles. The van der Waals surface area contributed by atoms with Crippen molar-refractivity contribution in [3.05, 3.63) is 40.7 Å². The quantitative estimate of drug-likeness (QED) is 0.578. The van der Waals surface area contributed by atoms with E-state index in [1.165, 1.54) is 4.90 Å². The Morgan fingerprint density at radius 3 is 2.70 bits per heavy atom. The van der Waals surface area contributed by atoms with E-state index in [1.807, 2.05) is 18.2 Å². The predicted molar refractivity (Wildman–Crippen MR) is 116 cm³/mol. The van der Waals surface area contributed by atoms with Crippen molar-refractivity contribution in [3.8, 4) is 0 Å². The van der Waals surface area contributed by atoms with Crippen molar-refractivity contribution < 1.29 is 27.8 Å². The van der Waals surface area contributed by atoms with E-state index >= 15 is 0 Å². The molecule has 1 aromatic carbocycles. The second-order valence-corrected chi connectivity index (χ2v) is 8.46. The molecule has 178 valence electrons. The van der Waals surface area contributed by atoms with Gasteiger partial charge in [0.05, 0.1) is 12.6 Å². The Bertz CT molecular complexity index is 1030. The van der Waals surface area contributed by atoms with Crippen molar-refractivity contribution in [1.82, 2.24) is 14.9 Å². The second kappa shape index (κ2) is 9.22. The topological polar surface area (TPSA) is 90.8 Å². The number of rotatable bonds is 6. The van der Waals surface area contributed by atoms with Crippen molar-refractivity contribution in [3.63, 3.8) is 0 Å². The normalized spacial score (nSPS) is 19.0. The van der Waals surface area contributed by atoms with Crippen LogP contribution in [-0.2, 0) is 10.9 Å². The van der Waals surface area contributed by atoms with Crippen LogP contribution >= 0.6 is 11.6 Å². The third-order valence-corrected chi connectivity index (χ3v) is 6.09. The van der Waals surface area contributed by atoms with Crippen LogP contribution in [0, 0.1) is 0 Å². The van der Waals surface area contributed by atoms with Gasteiger partial charge in [-0.1, -0.05) is 11.6 Å². The molecule has 0 bridgehead atoms. The SMILES string of the molecule is COC[C@@H]1CN(c2ccc(Nc3ncc(C(F)(F)F)c(Cl)n3)c(C3CC3)c2)CCN1C(=O)O. The van der Waals surface area contributed by atoms with E-state index in [-0.39, 0.29) is 12.0 Å². The van der Waals surface area contributed by atoms with E-state index < -0.39 is 23.0 Å². The highest BCUT2D eigenvalue weighted by Crippen LogP contribution is 2.45. The van der Waals surface area contributed by atoms with Crippen molar-refractivity contribution >= 4 is 35.0 Å². The number of aromatic nitrogens is 2. The van der Waals surface area contributed by atoms with Crippen LogP contribution in [0.2, 0.25) is 5.15 Å². The van der Waals surface area contributed by atoms with E-state index in [1.54, 1.807) is 7.11 Å². The Kier molecular flexibility index (Phi) is 6.53. The first-order chi connectivity index (χ1) is 15.7. The maximum atomic E-state index is 12.9. The summed E-state index contributed by atoms with van der Waals surface area (Å²) in [5.74, 6) is 0.310. The van der Waals surface area contributed by atoms with Crippen LogP contribution in [0.1, 0.15) is 29.9 Å². The standard InChI is InChI=1S/C21H23ClF3N5O3/c1-33-11-14-10-29(6-7-30(14)20(31)32)13-4-5-17(15(8-13)12-2-3-12)27-19-26-9-16(18(22)28-19)21(23,24)25/h4-5,8-9,12,14H,2-3,6-7,10-11H2,1H3,(H,31,32)(H,26,27,28)/t14-/m0/s1. The van der Waals surface area contributed by atoms with Gasteiger partial charge in [-0.2, -0.15) is 13.2 Å². The Morgan fingerprint density at radius 1 is 1.33 bits per heavy atom. The Balaban J connectivity index is 1.55. The first-order valence-electron chi connectivity index (χ1n) is 10.4. The van der Waals surface area contributed by atoms with Gasteiger partial charge in [0, 0.05) is 44.3 Å². The third kappa shape index (κ3) is 5.25. The fraction of sp³-hybridized carbons (Fsp3) is 0.476. The lowest BCUT2D eigenvalue weighted by Gasteiger charge is -2.41. The summed E-state index contributed by atoms with van der Waals surface area (Å²) in [5, 5.41) is 11.8. The molecule has 1 aromatic heterocycles. The minimum absolute atomic E-state index is 0.0159. The van der Waals surface area contributed by atoms with Gasteiger partial charge in [-0.05, 0) is 42.5 Å². The minimum atomic E-state index is -4.62. The van der Waals surface area contributed by atoms with E-state index in [4.69, 9.17) is 16.3 Å². The fourth-order valence-electron chi connectivity index (χ4n) is 4.00. The van der Waals surface area contributed by atoms with Crippen LogP contribution in [0.5, 0.6) is 0 Å². The summed E-state index contributed by atoms with van der Waals surface area (Å²) in [6.07, 6.45) is -2.91. The number of benzene rings is 1. The summed E-state index contributed by atoms with van der Waals surface area (Å²) in [6, 6.07) is 5.48. The molecule has 2 fully saturated rings. The van der Waals surface area contributed by atoms with Gasteiger partial charge >= 0.3 is 12.3 Å². The highest BCUT2D eigenvalue weighted by atomic mass is 35.5. The molecule has 12 heteroatoms. The van der Waals surface area contributed by atoms with Crippen LogP contribution in [0.3, 0.4) is 0 Å². The number of nitrogens with zero attached hydrogens (tertiary/aromatic N) is 4. The summed E-state index contributed by atoms with van der Waals surface area (Å²) in [7, 11) is 1.54. The monoisotopic (exact) mass is 485 g/mol. The molecule has 2 aliphatic rings. The van der Waals surface area contributed by atoms with Gasteiger partial charge in [0.2, 0.25) is 5.95 Å². The van der Waals surface area contributed by atoms with Crippen molar-refractivity contribution in [1.29, 1.82) is 0 Å². The van der Waals surface area contributed by atoms with Gasteiger partial charge in [0.1, 0.15) is 10.7 Å². The first kappa shape index (κ1) is 23.4. The number of nitrogens with one attached hydrogen (secondary N) is 1. The summed E-state index contributed by atoms with van der Waals surface area (Å²) in [4.78, 5) is 22.6. The Morgan fingerprint density at radius 2 is 2.09 bits per heavy atom. The summed E-state index contributed by atoms with van der Waals surface area (Å²) >= 11 is 5.72. The summed E-state index contributed by atoms with van der Waals surface area (Å²) in [6.45, 7) is 1.69. The molecule has 1 aliphatic carbocycles. The lowest BCUT2D eigenvalue weighted by atomic mass is 10.1. The summed E-state index contributed by atoms with van der Waals surface area (Å²) < 4.78 is 44.0. The molecule has 2 N–H and O–H groups in total. The van der Waals surface area contributed by atoms with Gasteiger partial charge < -0.3 is 20.1 Å². The molecule has 0 spiro atoms. The Labute approximate surface area is 193 Å². The van der Waals surface area contributed by atoms with Crippen LogP contribution in [0.25, 0.3) is 0 Å². The minimum Gasteiger partial charge on any atom is -0.465 e. The molecule has 1 saturated carbocycles. The van der Waals surface area contributed by atoms with Gasteiger partial charge in [0.25, 0.3) is 0 Å². The molecule has 1 aliphatic heterocycles. The van der Waals surface area contributed by atoms with Gasteiger partial charge in [-0.3, -0.25) is 4.90 Å². The zero-order chi connectivity index (χ0) is 23.8. The third-order valence-electron chi connectivity index (χ3n) is 5.80. The van der Waals surface area contributed by atoms with E-state index in [0.717, 1.165) is 24.1 Å². The maximum absolute atomic E-state index is 12.9. The van der Waals surface area contributed by atoms with Gasteiger partial charge in [-0.25, -0.2) is 14.8 Å². The molecule has 8 nitrogen and oxygen atoms in total. The molecular formula is C21H23ClF3N5O3. The fourth-order valence-corrected chi connectivity index (χ4v) is 4.24. The highest BCUT2D eigenvalue weighted by molar-refractivity contribution is 6.30. The molecule has 33 heavy (non-hydrogen) atoms. The van der Waals surface area contributed by atoms with Crippen molar-refractivity contribution in [2.75, 3.05) is 43.6 Å². The molecule has 1 atom stereocenters. The van der Waals surface area contributed by atoms with Crippen LogP contribution < -0.4 is 10.2 Å². The number of carboxylic acid groups (broad SMARTS) is 1.